The molecule has 10 nitrogen and oxygen atoms in total. The molecule has 2 aromatic heterocycles. The molecule has 2 fully saturated rings. The van der Waals surface area contributed by atoms with E-state index in [0.717, 1.165) is 18.1 Å². The van der Waals surface area contributed by atoms with E-state index in [1.807, 2.05) is 36.6 Å². The van der Waals surface area contributed by atoms with Crippen molar-refractivity contribution in [2.24, 2.45) is 0 Å². The molecule has 0 aliphatic carbocycles. The summed E-state index contributed by atoms with van der Waals surface area (Å²) in [7, 11) is -3.76. The highest BCUT2D eigenvalue weighted by atomic mass is 28.4. The van der Waals surface area contributed by atoms with E-state index in [-0.39, 0.29) is 5.91 Å². The monoisotopic (exact) mass is 621 g/mol. The summed E-state index contributed by atoms with van der Waals surface area (Å²) >= 11 is 0. The summed E-state index contributed by atoms with van der Waals surface area (Å²) in [6.45, 7) is 17.2. The fraction of sp³-hybridized carbons (Fsp3) is 0.548. The number of carbonyl (C=O) groups excluding carboxylic acids is 1. The topological polar surface area (TPSA) is 110 Å². The van der Waals surface area contributed by atoms with E-state index >= 15 is 0 Å². The standard InChI is InChI=1S/C31H43N5O5Si2/c1-9-43(10-2,11-3)41-22(17-18-42(6,7)8)24-25-26(40-31(4,5)39-25)30(38-24)36-20-34-23-27(32-19-33-28(23)36)35-29(37)21-15-13-12-14-16-21/h12-16,19-20,22,24-26,30H,9-11H2,1-8H3,(H,32,33,35,37)/t22-,24-,25-,26-,30-/m1/s1. The zero-order valence-electron chi connectivity index (χ0n) is 26.4. The van der Waals surface area contributed by atoms with E-state index in [9.17, 15) is 4.79 Å². The summed E-state index contributed by atoms with van der Waals surface area (Å²) in [4.78, 5) is 26.3. The number of ether oxygens (including phenoxy) is 3. The Bertz CT molecular complexity index is 1500. The number of hydrogen-bond donors (Lipinski definition) is 1. The maximum Gasteiger partial charge on any atom is 0.256 e. The highest BCUT2D eigenvalue weighted by Crippen LogP contribution is 2.45. The van der Waals surface area contributed by atoms with Gasteiger partial charge in [0.1, 0.15) is 38.8 Å². The first-order valence-corrected chi connectivity index (χ1v) is 21.2. The number of nitrogens with one attached hydrogen (secondary N) is 1. The molecule has 0 bridgehead atoms. The van der Waals surface area contributed by atoms with Crippen LogP contribution in [0.15, 0.2) is 43.0 Å². The fourth-order valence-corrected chi connectivity index (χ4v) is 9.02. The summed E-state index contributed by atoms with van der Waals surface area (Å²) in [5, 5.41) is 2.87. The van der Waals surface area contributed by atoms with Gasteiger partial charge in [-0.25, -0.2) is 15.0 Å². The minimum Gasteiger partial charge on any atom is -0.401 e. The molecule has 0 saturated carbocycles. The Kier molecular flexibility index (Phi) is 8.95. The fourth-order valence-electron chi connectivity index (χ4n) is 5.71. The van der Waals surface area contributed by atoms with Crippen molar-refractivity contribution in [3.63, 3.8) is 0 Å². The molecule has 1 N–H and O–H groups in total. The number of aromatic nitrogens is 4. The number of hydrogen-bond acceptors (Lipinski definition) is 8. The Hall–Kier alpha value is -2.93. The first-order chi connectivity index (χ1) is 20.4. The Labute approximate surface area is 256 Å². The van der Waals surface area contributed by atoms with Crippen molar-refractivity contribution in [1.82, 2.24) is 19.5 Å². The van der Waals surface area contributed by atoms with Crippen molar-refractivity contribution in [3.8, 4) is 11.5 Å². The molecule has 12 heteroatoms. The largest absolute Gasteiger partial charge is 0.401 e. The molecule has 1 aromatic carbocycles. The van der Waals surface area contributed by atoms with Gasteiger partial charge in [0.25, 0.3) is 5.91 Å². The van der Waals surface area contributed by atoms with Gasteiger partial charge >= 0.3 is 0 Å². The van der Waals surface area contributed by atoms with E-state index in [0.29, 0.717) is 22.5 Å². The predicted octanol–water partition coefficient (Wildman–Crippen LogP) is 5.77. The quantitative estimate of drug-likeness (QED) is 0.237. The summed E-state index contributed by atoms with van der Waals surface area (Å²) < 4.78 is 28.6. The average Bonchev–Trinajstić information content (AvgIpc) is 3.64. The number of amides is 1. The lowest BCUT2D eigenvalue weighted by molar-refractivity contribution is -0.202. The maximum absolute atomic E-state index is 12.9. The van der Waals surface area contributed by atoms with Gasteiger partial charge in [-0.15, -0.1) is 5.54 Å². The number of nitrogens with zero attached hydrogens (tertiary/aromatic N) is 4. The van der Waals surface area contributed by atoms with Gasteiger partial charge in [-0.1, -0.05) is 64.5 Å². The van der Waals surface area contributed by atoms with Gasteiger partial charge in [0, 0.05) is 5.56 Å². The molecule has 5 rings (SSSR count). The van der Waals surface area contributed by atoms with Crippen LogP contribution in [0.3, 0.4) is 0 Å². The van der Waals surface area contributed by atoms with Gasteiger partial charge in [-0.3, -0.25) is 9.36 Å². The van der Waals surface area contributed by atoms with E-state index in [1.54, 1.807) is 18.5 Å². The van der Waals surface area contributed by atoms with Gasteiger partial charge in [-0.2, -0.15) is 0 Å². The van der Waals surface area contributed by atoms with Crippen LogP contribution in [0, 0.1) is 11.5 Å². The molecule has 43 heavy (non-hydrogen) atoms. The van der Waals surface area contributed by atoms with E-state index in [2.05, 4.69) is 72.1 Å². The van der Waals surface area contributed by atoms with Gasteiger partial charge in [-0.05, 0) is 44.1 Å². The van der Waals surface area contributed by atoms with Crippen molar-refractivity contribution in [1.29, 1.82) is 0 Å². The van der Waals surface area contributed by atoms with Gasteiger partial charge in [0.2, 0.25) is 0 Å². The van der Waals surface area contributed by atoms with Crippen LogP contribution in [0.5, 0.6) is 0 Å². The Morgan fingerprint density at radius 3 is 2.37 bits per heavy atom. The summed E-state index contributed by atoms with van der Waals surface area (Å²) in [5.41, 5.74) is 5.03. The molecular weight excluding hydrogens is 579 g/mol. The molecular formula is C31H43N5O5Si2. The summed E-state index contributed by atoms with van der Waals surface area (Å²) in [5.74, 6) is 2.74. The number of rotatable bonds is 9. The third kappa shape index (κ3) is 6.62. The second-order valence-corrected chi connectivity index (χ2v) is 22.2. The summed E-state index contributed by atoms with van der Waals surface area (Å²) in [6, 6.07) is 12.0. The van der Waals surface area contributed by atoms with Crippen molar-refractivity contribution < 1.29 is 23.4 Å². The molecule has 0 radical (unpaired) electrons. The lowest BCUT2D eigenvalue weighted by Gasteiger charge is -2.35. The molecule has 2 saturated heterocycles. The molecule has 1 amide bonds. The van der Waals surface area contributed by atoms with Crippen LogP contribution in [0.1, 0.15) is 51.2 Å². The zero-order chi connectivity index (χ0) is 31.0. The van der Waals surface area contributed by atoms with Crippen LogP contribution in [-0.4, -0.2) is 72.0 Å². The molecule has 2 aliphatic heterocycles. The maximum atomic E-state index is 12.9. The second-order valence-electron chi connectivity index (χ2n) is 12.7. The van der Waals surface area contributed by atoms with Crippen molar-refractivity contribution in [2.75, 3.05) is 5.32 Å². The molecule has 3 aromatic rings. The van der Waals surface area contributed by atoms with E-state index in [1.165, 1.54) is 6.33 Å². The van der Waals surface area contributed by atoms with Crippen LogP contribution < -0.4 is 5.32 Å². The minimum atomic E-state index is -2.05. The van der Waals surface area contributed by atoms with Gasteiger partial charge < -0.3 is 24.0 Å². The first-order valence-electron chi connectivity index (χ1n) is 15.1. The number of imidazole rings is 1. The molecule has 2 aliphatic rings. The molecule has 5 atom stereocenters. The predicted molar refractivity (Wildman–Crippen MR) is 171 cm³/mol. The molecule has 0 spiro atoms. The molecule has 230 valence electrons. The molecule has 4 heterocycles. The minimum absolute atomic E-state index is 0.280. The van der Waals surface area contributed by atoms with Crippen molar-refractivity contribution in [2.45, 2.75) is 109 Å². The smallest absolute Gasteiger partial charge is 0.256 e. The third-order valence-corrected chi connectivity index (χ3v) is 13.7. The van der Waals surface area contributed by atoms with Crippen LogP contribution in [0.2, 0.25) is 37.8 Å². The first kappa shape index (κ1) is 31.5. The number of carbonyl (C=O) groups is 1. The van der Waals surface area contributed by atoms with Crippen LogP contribution in [0.4, 0.5) is 5.82 Å². The number of benzene rings is 1. The van der Waals surface area contributed by atoms with Crippen LogP contribution >= 0.6 is 0 Å². The van der Waals surface area contributed by atoms with Crippen LogP contribution in [0.25, 0.3) is 11.2 Å². The lowest BCUT2D eigenvalue weighted by Crippen LogP contribution is -2.47. The normalized spacial score (nSPS) is 23.9. The number of fused-ring (bicyclic) bond motifs is 2. The van der Waals surface area contributed by atoms with Crippen molar-refractivity contribution >= 4 is 39.3 Å². The Morgan fingerprint density at radius 1 is 1.05 bits per heavy atom. The van der Waals surface area contributed by atoms with Crippen molar-refractivity contribution in [3.05, 3.63) is 48.5 Å². The lowest BCUT2D eigenvalue weighted by atomic mass is 10.1. The second kappa shape index (κ2) is 12.2. The Balaban J connectivity index is 1.51. The zero-order valence-corrected chi connectivity index (χ0v) is 28.4. The number of anilines is 1. The van der Waals surface area contributed by atoms with Gasteiger partial charge in [0.05, 0.1) is 6.33 Å². The van der Waals surface area contributed by atoms with Gasteiger partial charge in [0.15, 0.2) is 37.3 Å². The molecule has 0 unspecified atom stereocenters. The van der Waals surface area contributed by atoms with E-state index < -0.39 is 52.8 Å². The summed E-state index contributed by atoms with van der Waals surface area (Å²) in [6.07, 6.45) is 0.673. The third-order valence-electron chi connectivity index (χ3n) is 8.16. The Morgan fingerprint density at radius 2 is 1.72 bits per heavy atom. The van der Waals surface area contributed by atoms with Crippen LogP contribution in [-0.2, 0) is 18.6 Å². The SMILES string of the molecule is CC[Si](CC)(CC)O[C@H](C#C[Si](C)(C)C)[C@H]1O[C@@H](n2cnc3c(NC(=O)c4ccccc4)ncnc32)[C@@H]2OC(C)(C)O[C@@H]21. The average molecular weight is 622 g/mol. The van der Waals surface area contributed by atoms with E-state index in [4.69, 9.17) is 18.6 Å². The highest BCUT2D eigenvalue weighted by Gasteiger charge is 2.59. The highest BCUT2D eigenvalue weighted by molar-refractivity contribution is 6.83.